The van der Waals surface area contributed by atoms with Gasteiger partial charge in [-0.2, -0.15) is 9.61 Å². The second-order valence-electron chi connectivity index (χ2n) is 10.8. The minimum absolute atomic E-state index is 0.0133. The highest BCUT2D eigenvalue weighted by atomic mass is 32.2. The number of fused-ring (bicyclic) bond motifs is 3. The molecule has 1 amide bonds. The van der Waals surface area contributed by atoms with Crippen LogP contribution in [0.15, 0.2) is 60.0 Å². The topological polar surface area (TPSA) is 165 Å². The first kappa shape index (κ1) is 26.2. The van der Waals surface area contributed by atoms with Crippen molar-refractivity contribution in [1.82, 2.24) is 39.7 Å². The van der Waals surface area contributed by atoms with Crippen molar-refractivity contribution >= 4 is 27.2 Å². The van der Waals surface area contributed by atoms with Gasteiger partial charge in [0.1, 0.15) is 22.9 Å². The summed E-state index contributed by atoms with van der Waals surface area (Å²) in [7, 11) is -3.78. The molecular weight excluding hydrogens is 561 g/mol. The monoisotopic (exact) mass is 587 g/mol. The van der Waals surface area contributed by atoms with Gasteiger partial charge in [-0.05, 0) is 43.9 Å². The van der Waals surface area contributed by atoms with Gasteiger partial charge in [0.15, 0.2) is 15.5 Å². The molecule has 3 atom stereocenters. The summed E-state index contributed by atoms with van der Waals surface area (Å²) < 4.78 is 41.2. The van der Waals surface area contributed by atoms with E-state index in [0.29, 0.717) is 46.6 Å². The van der Waals surface area contributed by atoms with Gasteiger partial charge in [-0.15, -0.1) is 10.2 Å². The molecule has 214 valence electrons. The number of aromatic nitrogens is 7. The zero-order valence-corrected chi connectivity index (χ0v) is 23.3. The summed E-state index contributed by atoms with van der Waals surface area (Å²) in [5.74, 6) is -0.629. The van der Waals surface area contributed by atoms with E-state index < -0.39 is 9.84 Å². The molecule has 2 fully saturated rings. The van der Waals surface area contributed by atoms with Crippen LogP contribution in [0.1, 0.15) is 47.9 Å². The Morgan fingerprint density at radius 3 is 2.52 bits per heavy atom. The fourth-order valence-corrected chi connectivity index (χ4v) is 7.47. The third kappa shape index (κ3) is 4.29. The molecule has 2 saturated heterocycles. The number of halogens is 1. The summed E-state index contributed by atoms with van der Waals surface area (Å²) in [6, 6.07) is 9.61. The molecule has 5 aromatic rings. The molecule has 2 bridgehead atoms. The molecule has 0 radical (unpaired) electrons. The van der Waals surface area contributed by atoms with Crippen LogP contribution in [-0.4, -0.2) is 72.3 Å². The molecule has 2 aliphatic rings. The Labute approximate surface area is 239 Å². The zero-order valence-electron chi connectivity index (χ0n) is 22.5. The number of amides is 1. The molecule has 0 aliphatic carbocycles. The first-order valence-corrected chi connectivity index (χ1v) is 15.4. The van der Waals surface area contributed by atoms with Crippen molar-refractivity contribution < 1.29 is 17.6 Å². The first-order chi connectivity index (χ1) is 20.2. The number of hydrogen-bond donors (Lipinski definition) is 2. The van der Waals surface area contributed by atoms with Gasteiger partial charge >= 0.3 is 0 Å². The SMILES string of the molecule is CS(=O)(=O)c1c([C@@H]2CC3CC[C@@H](C2)N3C(=O)c2nnc[nH]2)nc2c(-c3ccc(-c4cccc(F)c4)nc3)cnn2c1N. The average molecular weight is 588 g/mol. The molecule has 1 aromatic carbocycles. The number of nitrogen functional groups attached to an aromatic ring is 1. The van der Waals surface area contributed by atoms with E-state index in [-0.39, 0.29) is 46.3 Å². The summed E-state index contributed by atoms with van der Waals surface area (Å²) in [5, 5.41) is 12.0. The number of benzene rings is 1. The van der Waals surface area contributed by atoms with E-state index in [1.165, 1.54) is 23.0 Å². The molecule has 14 heteroatoms. The number of carbonyl (C=O) groups is 1. The summed E-state index contributed by atoms with van der Waals surface area (Å²) in [6.45, 7) is 0. The number of sulfone groups is 1. The van der Waals surface area contributed by atoms with Crippen molar-refractivity contribution in [2.45, 2.75) is 48.6 Å². The molecule has 7 rings (SSSR count). The van der Waals surface area contributed by atoms with Gasteiger partial charge in [0.2, 0.25) is 5.82 Å². The van der Waals surface area contributed by atoms with Gasteiger partial charge in [-0.25, -0.2) is 17.8 Å². The first-order valence-electron chi connectivity index (χ1n) is 13.5. The van der Waals surface area contributed by atoms with Gasteiger partial charge in [0.25, 0.3) is 5.91 Å². The van der Waals surface area contributed by atoms with Gasteiger partial charge in [0, 0.05) is 47.1 Å². The molecule has 0 spiro atoms. The number of nitrogens with two attached hydrogens (primary N) is 1. The maximum absolute atomic E-state index is 13.7. The third-order valence-corrected chi connectivity index (χ3v) is 9.36. The number of pyridine rings is 1. The van der Waals surface area contributed by atoms with Crippen LogP contribution in [-0.2, 0) is 9.84 Å². The second-order valence-corrected chi connectivity index (χ2v) is 12.8. The lowest BCUT2D eigenvalue weighted by molar-refractivity contribution is 0.0556. The predicted molar refractivity (Wildman–Crippen MR) is 150 cm³/mol. The minimum Gasteiger partial charge on any atom is -0.382 e. The Balaban J connectivity index is 1.28. The molecule has 0 saturated carbocycles. The predicted octanol–water partition coefficient (Wildman–Crippen LogP) is 3.25. The highest BCUT2D eigenvalue weighted by Crippen LogP contribution is 2.45. The number of H-pyrrole nitrogens is 1. The van der Waals surface area contributed by atoms with Crippen LogP contribution in [0, 0.1) is 5.82 Å². The highest BCUT2D eigenvalue weighted by molar-refractivity contribution is 7.91. The lowest BCUT2D eigenvalue weighted by atomic mass is 9.87. The molecule has 4 aromatic heterocycles. The largest absolute Gasteiger partial charge is 0.382 e. The third-order valence-electron chi connectivity index (χ3n) is 8.20. The van der Waals surface area contributed by atoms with E-state index in [2.05, 4.69) is 25.3 Å². The number of carbonyl (C=O) groups excluding carboxylic acids is 1. The maximum atomic E-state index is 13.7. The van der Waals surface area contributed by atoms with E-state index in [1.54, 1.807) is 30.6 Å². The number of rotatable bonds is 5. The molecule has 2 aliphatic heterocycles. The molecule has 6 heterocycles. The Hall–Kier alpha value is -4.72. The number of nitrogens with zero attached hydrogens (tertiary/aromatic N) is 7. The highest BCUT2D eigenvalue weighted by Gasteiger charge is 2.46. The Bertz CT molecular complexity index is 1930. The Kier molecular flexibility index (Phi) is 6.04. The zero-order chi connectivity index (χ0) is 29.2. The van der Waals surface area contributed by atoms with Crippen molar-refractivity contribution in [3.8, 4) is 22.4 Å². The second kappa shape index (κ2) is 9.69. The van der Waals surface area contributed by atoms with Crippen LogP contribution in [0.5, 0.6) is 0 Å². The minimum atomic E-state index is -3.78. The summed E-state index contributed by atoms with van der Waals surface area (Å²) in [5.41, 5.74) is 9.85. The van der Waals surface area contributed by atoms with Crippen LogP contribution in [0.25, 0.3) is 28.0 Å². The van der Waals surface area contributed by atoms with E-state index in [4.69, 9.17) is 10.7 Å². The van der Waals surface area contributed by atoms with E-state index >= 15 is 0 Å². The van der Waals surface area contributed by atoms with Crippen LogP contribution in [0.3, 0.4) is 0 Å². The van der Waals surface area contributed by atoms with Gasteiger partial charge in [-0.3, -0.25) is 9.78 Å². The summed E-state index contributed by atoms with van der Waals surface area (Å²) in [4.78, 5) is 27.1. The van der Waals surface area contributed by atoms with Crippen molar-refractivity contribution in [1.29, 1.82) is 0 Å². The van der Waals surface area contributed by atoms with E-state index in [0.717, 1.165) is 19.1 Å². The molecular formula is C28H26FN9O3S. The number of aromatic amines is 1. The van der Waals surface area contributed by atoms with Gasteiger partial charge < -0.3 is 15.6 Å². The van der Waals surface area contributed by atoms with E-state index in [9.17, 15) is 17.6 Å². The van der Waals surface area contributed by atoms with Crippen molar-refractivity contribution in [2.24, 2.45) is 0 Å². The number of anilines is 1. The normalized spacial score (nSPS) is 20.3. The van der Waals surface area contributed by atoms with E-state index in [1.807, 2.05) is 11.0 Å². The van der Waals surface area contributed by atoms with Crippen molar-refractivity contribution in [3.05, 3.63) is 72.5 Å². The maximum Gasteiger partial charge on any atom is 0.292 e. The van der Waals surface area contributed by atoms with Crippen LogP contribution < -0.4 is 5.73 Å². The number of nitrogens with one attached hydrogen (secondary N) is 1. The summed E-state index contributed by atoms with van der Waals surface area (Å²) >= 11 is 0. The standard InChI is InChI=1S/C28H26FN9O3S/c1-42(40,41)24-23(17-10-19-6-7-20(11-17)37(19)28(39)26-32-14-33-36-26)35-27-21(13-34-38(27)25(24)30)16-5-8-22(31-12-16)15-3-2-4-18(29)9-15/h2-5,8-9,12-14,17,19-20H,6-7,10-11,30H2,1H3,(H,32,33,36)/t17-,19-,20?/m0/s1. The fraction of sp³-hybridized carbons (Fsp3) is 0.286. The quantitative estimate of drug-likeness (QED) is 0.314. The molecule has 3 N–H and O–H groups in total. The number of hydrogen-bond acceptors (Lipinski definition) is 9. The molecule has 1 unspecified atom stereocenters. The van der Waals surface area contributed by atoms with Crippen LogP contribution in [0.2, 0.25) is 0 Å². The Morgan fingerprint density at radius 1 is 1.10 bits per heavy atom. The van der Waals surface area contributed by atoms with Crippen molar-refractivity contribution in [3.63, 3.8) is 0 Å². The average Bonchev–Trinajstić information content (AvgIpc) is 3.71. The smallest absolute Gasteiger partial charge is 0.292 e. The van der Waals surface area contributed by atoms with Crippen molar-refractivity contribution in [2.75, 3.05) is 12.0 Å². The summed E-state index contributed by atoms with van der Waals surface area (Å²) in [6.07, 6.45) is 8.39. The lowest BCUT2D eigenvalue weighted by Gasteiger charge is -2.38. The van der Waals surface area contributed by atoms with Crippen LogP contribution >= 0.6 is 0 Å². The van der Waals surface area contributed by atoms with Gasteiger partial charge in [0.05, 0.1) is 17.6 Å². The fourth-order valence-electron chi connectivity index (χ4n) is 6.41. The molecule has 42 heavy (non-hydrogen) atoms. The molecule has 12 nitrogen and oxygen atoms in total. The lowest BCUT2D eigenvalue weighted by Crippen LogP contribution is -2.46. The van der Waals surface area contributed by atoms with Gasteiger partial charge in [-0.1, -0.05) is 18.2 Å². The van der Waals surface area contributed by atoms with Crippen LogP contribution in [0.4, 0.5) is 10.2 Å². The number of piperidine rings is 1. The Morgan fingerprint density at radius 2 is 1.88 bits per heavy atom.